The van der Waals surface area contributed by atoms with E-state index in [0.29, 0.717) is 101 Å². The summed E-state index contributed by atoms with van der Waals surface area (Å²) >= 11 is 8.71. The first kappa shape index (κ1) is 72.0. The minimum absolute atomic E-state index is 0.00790. The number of ether oxygens (including phenoxy) is 7. The first-order chi connectivity index (χ1) is 45.1. The first-order valence-electron chi connectivity index (χ1n) is 30.6. The van der Waals surface area contributed by atoms with Crippen molar-refractivity contribution in [3.05, 3.63) is 75.9 Å². The Labute approximate surface area is 562 Å². The molecule has 3 aromatic carbocycles. The molecule has 2 unspecified atom stereocenters. The Morgan fingerprint density at radius 1 is 0.734 bits per heavy atom. The maximum absolute atomic E-state index is 14.4. The quantitative estimate of drug-likeness (QED) is 0.0510. The monoisotopic (exact) mass is 1470 g/mol. The van der Waals surface area contributed by atoms with E-state index >= 15 is 0 Å². The Morgan fingerprint density at radius 2 is 1.32 bits per heavy atom. The Kier molecular flexibility index (Phi) is 26.1. The molecule has 4 saturated heterocycles. The number of morpholine rings is 1. The Balaban J connectivity index is 0.669. The van der Waals surface area contributed by atoms with Crippen LogP contribution in [0.25, 0.3) is 28.1 Å². The van der Waals surface area contributed by atoms with Crippen molar-refractivity contribution in [2.75, 3.05) is 176 Å². The third-order valence-electron chi connectivity index (χ3n) is 15.8. The zero-order valence-electron chi connectivity index (χ0n) is 52.4. The number of halogens is 2. The Bertz CT molecular complexity index is 3440. The SMILES string of the molecule is COc1cc2c(cc1-c1cccc(NC(=O)CCOCCOCCOCCOCCNC(=O)[C@H](CS(=O)(=O)O)NC(=O)CN3CCN4CCN5CCN(CC3)CC(=O)[O][In]([O]C(=O)C4)[O]C(=O)C5)c1)-c1c(c(C(=O)N3CCOCC3(C)C)nn1-c1cc(Cl)cc(Cl)c1)CO2. The van der Waals surface area contributed by atoms with Crippen LogP contribution in [0.15, 0.2) is 54.6 Å². The Morgan fingerprint density at radius 3 is 1.90 bits per heavy atom. The third kappa shape index (κ3) is 20.9. The molecule has 4 aromatic rings. The molecule has 94 heavy (non-hydrogen) atoms. The van der Waals surface area contributed by atoms with Crippen LogP contribution in [0, 0.1) is 0 Å². The number of benzene rings is 3. The standard InChI is InChI=1S/C60H80Cl2N10O20S.In/c1-60(2)39-91-20-17-71(60)59(82)56-47-37-92-50-32-49(86-3)45(31-46(50)57(47)72(66-56)44-29-41(61)28-42(62)30-44)40-5-4-6-43(27-40)64-51(73)7-18-87-21-23-89-25-26-90-24-22-88-19-8-63-58(81)48(38-93(83,84)85)65-52(74)33-67-9-11-68(34-53(75)76)13-15-70(36-55(79)80)16-14-69(12-10-67)35-54(77)78;/h4-6,27-32,48H,7-26,33-39H2,1-3H3,(H,63,81)(H,64,73)(H,65,74)(H,75,76)(H,77,78)(H,79,80)(H,83,84,85);/q;+3/p-3/t48-;/m0./s1. The van der Waals surface area contributed by atoms with Gasteiger partial charge in [0.1, 0.15) is 18.1 Å². The molecule has 4 bridgehead atoms. The summed E-state index contributed by atoms with van der Waals surface area (Å²) in [6.45, 7) is 8.24. The third-order valence-corrected chi connectivity index (χ3v) is 20.8. The molecule has 0 saturated carbocycles. The van der Waals surface area contributed by atoms with Gasteiger partial charge >= 0.3 is 195 Å². The largest absolute Gasteiger partial charge is 0.488 e. The number of carbonyl (C=O) groups excluding carboxylic acids is 7. The van der Waals surface area contributed by atoms with Crippen LogP contribution < -0.4 is 25.4 Å². The number of methoxy groups -OCH3 is 1. The van der Waals surface area contributed by atoms with Crippen LogP contribution >= 0.6 is 23.2 Å². The molecule has 6 heterocycles. The van der Waals surface area contributed by atoms with Gasteiger partial charge in [-0.2, -0.15) is 13.5 Å². The molecular formula is C60H77Cl2InN10O20S. The number of carbonyl (C=O) groups is 7. The van der Waals surface area contributed by atoms with Gasteiger partial charge in [-0.3, -0.25) is 18.9 Å². The smallest absolute Gasteiger partial charge is 0.275 e. The molecular weight excluding hydrogens is 1400 g/mol. The van der Waals surface area contributed by atoms with Gasteiger partial charge in [-0.1, -0.05) is 35.3 Å². The van der Waals surface area contributed by atoms with Crippen molar-refractivity contribution in [2.45, 2.75) is 38.5 Å². The molecule has 4 amide bonds. The maximum atomic E-state index is 14.4. The fourth-order valence-corrected chi connectivity index (χ4v) is 15.1. The average molecular weight is 1480 g/mol. The number of anilines is 1. The predicted octanol–water partition coefficient (Wildman–Crippen LogP) is 1.41. The summed E-state index contributed by atoms with van der Waals surface area (Å²) in [5.41, 5.74) is 3.98. The number of nitrogens with zero attached hydrogens (tertiary/aromatic N) is 7. The van der Waals surface area contributed by atoms with Crippen molar-refractivity contribution >= 4 is 103 Å². The molecule has 4 N–H and O–H groups in total. The Hall–Kier alpha value is -6.24. The van der Waals surface area contributed by atoms with Gasteiger partial charge in [0, 0.05) is 51.6 Å². The van der Waals surface area contributed by atoms with Crippen LogP contribution in [0.5, 0.6) is 11.5 Å². The molecule has 5 aliphatic heterocycles. The number of hydrogen-bond acceptors (Lipinski definition) is 24. The number of amides is 4. The number of nitrogens with one attached hydrogen (secondary N) is 3. The van der Waals surface area contributed by atoms with Crippen molar-refractivity contribution < 1.29 is 88.3 Å². The van der Waals surface area contributed by atoms with Crippen LogP contribution in [-0.2, 0) is 77.7 Å². The van der Waals surface area contributed by atoms with Crippen LogP contribution in [0.3, 0.4) is 0 Å². The van der Waals surface area contributed by atoms with Crippen LogP contribution in [0.2, 0.25) is 10.0 Å². The van der Waals surface area contributed by atoms with Gasteiger partial charge in [-0.15, -0.1) is 0 Å². The van der Waals surface area contributed by atoms with Gasteiger partial charge in [0.05, 0.1) is 96.5 Å². The summed E-state index contributed by atoms with van der Waals surface area (Å²) in [6.07, 6.45) is 0.0664. The minimum Gasteiger partial charge on any atom is -0.488 e. The van der Waals surface area contributed by atoms with Gasteiger partial charge in [0.2, 0.25) is 5.91 Å². The van der Waals surface area contributed by atoms with Gasteiger partial charge in [0.25, 0.3) is 16.0 Å². The van der Waals surface area contributed by atoms with E-state index < -0.39 is 79.9 Å². The van der Waals surface area contributed by atoms with E-state index in [2.05, 4.69) is 16.0 Å². The topological polar surface area (TPSA) is 336 Å². The molecule has 510 valence electrons. The normalized spacial score (nSPS) is 19.7. The molecule has 4 fully saturated rings. The zero-order chi connectivity index (χ0) is 66.9. The van der Waals surface area contributed by atoms with Crippen LogP contribution in [0.4, 0.5) is 5.69 Å². The average Bonchev–Trinajstić information content (AvgIpc) is 1.80. The number of fused-ring (bicyclic) bond motifs is 10. The molecule has 3 atom stereocenters. The van der Waals surface area contributed by atoms with Crippen molar-refractivity contribution in [1.29, 1.82) is 0 Å². The molecule has 5 aliphatic rings. The second kappa shape index (κ2) is 34.1. The van der Waals surface area contributed by atoms with E-state index in [-0.39, 0.29) is 142 Å². The van der Waals surface area contributed by atoms with E-state index in [4.69, 9.17) is 70.0 Å². The van der Waals surface area contributed by atoms with E-state index in [1.165, 1.54) is 0 Å². The molecule has 9 rings (SSSR count). The van der Waals surface area contributed by atoms with Gasteiger partial charge in [0.15, 0.2) is 5.69 Å². The molecule has 34 heteroatoms. The molecule has 0 spiro atoms. The maximum Gasteiger partial charge on any atom is 0.275 e. The van der Waals surface area contributed by atoms with Crippen molar-refractivity contribution in [2.24, 2.45) is 0 Å². The van der Waals surface area contributed by atoms with Crippen molar-refractivity contribution in [3.8, 4) is 39.6 Å². The summed E-state index contributed by atoms with van der Waals surface area (Å²) < 4.78 is 91.7. The van der Waals surface area contributed by atoms with Gasteiger partial charge < -0.3 is 48.7 Å². The summed E-state index contributed by atoms with van der Waals surface area (Å²) in [5.74, 6) is -4.29. The molecule has 1 aromatic heterocycles. The predicted molar refractivity (Wildman–Crippen MR) is 339 cm³/mol. The summed E-state index contributed by atoms with van der Waals surface area (Å²) in [7, 11) is -3.18. The summed E-state index contributed by atoms with van der Waals surface area (Å²) in [6, 6.07) is 14.4. The van der Waals surface area contributed by atoms with Crippen molar-refractivity contribution in [1.82, 2.24) is 44.9 Å². The number of rotatable bonds is 26. The second-order valence-corrected chi connectivity index (χ2v) is 29.3. The number of hydrogen-bond donors (Lipinski definition) is 4. The fraction of sp³-hybridized carbons (Fsp3) is 0.533. The van der Waals surface area contributed by atoms with Gasteiger partial charge in [-0.25, -0.2) is 4.68 Å². The van der Waals surface area contributed by atoms with E-state index in [1.807, 2.05) is 43.0 Å². The van der Waals surface area contributed by atoms with Crippen LogP contribution in [0.1, 0.15) is 36.3 Å². The van der Waals surface area contributed by atoms with Gasteiger partial charge in [-0.05, 0) is 55.8 Å². The van der Waals surface area contributed by atoms with Crippen LogP contribution in [-0.4, -0.2) is 294 Å². The van der Waals surface area contributed by atoms with E-state index in [0.717, 1.165) is 5.56 Å². The minimum atomic E-state index is -4.74. The molecule has 0 radical (unpaired) electrons. The van der Waals surface area contributed by atoms with Crippen molar-refractivity contribution in [3.63, 3.8) is 0 Å². The summed E-state index contributed by atoms with van der Waals surface area (Å²) in [4.78, 5) is 102. The molecule has 0 aliphatic carbocycles. The first-order valence-corrected chi connectivity index (χ1v) is 37.0. The zero-order valence-corrected chi connectivity index (χ0v) is 58.1. The second-order valence-electron chi connectivity index (χ2n) is 23.2. The van der Waals surface area contributed by atoms with E-state index in [1.54, 1.807) is 61.7 Å². The molecule has 30 nitrogen and oxygen atoms in total. The fourth-order valence-electron chi connectivity index (χ4n) is 11.0. The number of aromatic nitrogens is 2. The summed E-state index contributed by atoms with van der Waals surface area (Å²) in [5, 5.41) is 13.6. The van der Waals surface area contributed by atoms with E-state index in [9.17, 15) is 46.5 Å².